The summed E-state index contributed by atoms with van der Waals surface area (Å²) >= 11 is 0. The lowest BCUT2D eigenvalue weighted by Gasteiger charge is -2.23. The van der Waals surface area contributed by atoms with Gasteiger partial charge in [0.2, 0.25) is 0 Å². The molecule has 0 heterocycles. The third kappa shape index (κ3) is 9.68. The van der Waals surface area contributed by atoms with Crippen LogP contribution >= 0.6 is 0 Å². The summed E-state index contributed by atoms with van der Waals surface area (Å²) in [6.07, 6.45) is 15.8. The van der Waals surface area contributed by atoms with E-state index in [4.69, 9.17) is 0 Å². The molecule has 0 rings (SSSR count). The van der Waals surface area contributed by atoms with Crippen molar-refractivity contribution >= 4 is 0 Å². The Morgan fingerprint density at radius 1 is 0.529 bits per heavy atom. The van der Waals surface area contributed by atoms with Crippen LogP contribution in [0.3, 0.4) is 0 Å². The lowest BCUT2D eigenvalue weighted by Crippen LogP contribution is -2.09. The molecule has 0 spiro atoms. The molecule has 0 heteroatoms. The average Bonchev–Trinajstić information content (AvgIpc) is 2.33. The molecule has 0 aromatic heterocycles. The first-order chi connectivity index (χ1) is 8.28. The molecular weight excluding hydrogens is 204 g/mol. The topological polar surface area (TPSA) is 0 Å². The smallest absolute Gasteiger partial charge is 0.0412 e. The molecule has 17 heavy (non-hydrogen) atoms. The summed E-state index contributed by atoms with van der Waals surface area (Å²) in [6, 6.07) is 0. The summed E-state index contributed by atoms with van der Waals surface area (Å²) < 4.78 is 0. The average molecular weight is 240 g/mol. The van der Waals surface area contributed by atoms with Gasteiger partial charge in [0.05, 0.1) is 0 Å². The summed E-state index contributed by atoms with van der Waals surface area (Å²) in [6.45, 7) is 9.34. The van der Waals surface area contributed by atoms with Crippen molar-refractivity contribution in [2.45, 2.75) is 98.3 Å². The fraction of sp³-hybridized carbons (Fsp3) is 1.00. The highest BCUT2D eigenvalue weighted by Gasteiger charge is 2.14. The Hall–Kier alpha value is 0. The van der Waals surface area contributed by atoms with Crippen LogP contribution in [-0.4, -0.2) is 0 Å². The lowest BCUT2D eigenvalue weighted by atomic mass is 9.83. The van der Waals surface area contributed by atoms with Crippen molar-refractivity contribution in [2.24, 2.45) is 11.8 Å². The number of rotatable bonds is 12. The summed E-state index contributed by atoms with van der Waals surface area (Å²) in [4.78, 5) is 0. The Balaban J connectivity index is 4.02. The minimum Gasteiger partial charge on any atom is -0.0654 e. The van der Waals surface area contributed by atoms with Crippen molar-refractivity contribution in [2.75, 3.05) is 0 Å². The van der Waals surface area contributed by atoms with Gasteiger partial charge >= 0.3 is 0 Å². The molecule has 0 radical (unpaired) electrons. The van der Waals surface area contributed by atoms with Crippen molar-refractivity contribution in [3.05, 3.63) is 0 Å². The molecule has 0 fully saturated rings. The van der Waals surface area contributed by atoms with Gasteiger partial charge < -0.3 is 0 Å². The lowest BCUT2D eigenvalue weighted by molar-refractivity contribution is 0.295. The Morgan fingerprint density at radius 2 is 0.941 bits per heavy atom. The van der Waals surface area contributed by atoms with E-state index in [9.17, 15) is 0 Å². The van der Waals surface area contributed by atoms with Crippen molar-refractivity contribution < 1.29 is 0 Å². The van der Waals surface area contributed by atoms with Crippen LogP contribution in [0, 0.1) is 11.8 Å². The molecule has 0 aliphatic rings. The Bertz CT molecular complexity index is 123. The molecule has 0 aliphatic heterocycles. The van der Waals surface area contributed by atoms with E-state index >= 15 is 0 Å². The van der Waals surface area contributed by atoms with Gasteiger partial charge in [-0.2, -0.15) is 0 Å². The zero-order valence-electron chi connectivity index (χ0n) is 12.9. The van der Waals surface area contributed by atoms with E-state index in [-0.39, 0.29) is 0 Å². The van der Waals surface area contributed by atoms with E-state index in [2.05, 4.69) is 27.7 Å². The van der Waals surface area contributed by atoms with Crippen molar-refractivity contribution in [3.8, 4) is 0 Å². The van der Waals surface area contributed by atoms with E-state index in [1.54, 1.807) is 0 Å². The molecule has 0 aromatic rings. The minimum atomic E-state index is 1.02. The number of hydrogen-bond donors (Lipinski definition) is 0. The molecular formula is C17H36. The van der Waals surface area contributed by atoms with Gasteiger partial charge in [-0.25, -0.2) is 0 Å². The molecule has 0 amide bonds. The third-order valence-corrected chi connectivity index (χ3v) is 3.99. The first-order valence-electron chi connectivity index (χ1n) is 8.28. The van der Waals surface area contributed by atoms with Crippen LogP contribution in [0.15, 0.2) is 0 Å². The van der Waals surface area contributed by atoms with E-state index in [0.29, 0.717) is 0 Å². The molecule has 0 aliphatic carbocycles. The van der Waals surface area contributed by atoms with Crippen molar-refractivity contribution in [1.82, 2.24) is 0 Å². The summed E-state index contributed by atoms with van der Waals surface area (Å²) in [7, 11) is 0. The first kappa shape index (κ1) is 17.0. The van der Waals surface area contributed by atoms with Gasteiger partial charge in [-0.15, -0.1) is 0 Å². The maximum atomic E-state index is 2.35. The highest BCUT2D eigenvalue weighted by atomic mass is 14.2. The number of unbranched alkanes of at least 4 members (excludes halogenated alkanes) is 2. The molecule has 104 valence electrons. The molecule has 0 saturated carbocycles. The van der Waals surface area contributed by atoms with Gasteiger partial charge in [-0.05, 0) is 18.3 Å². The standard InChI is InChI=1S/C17H36/c1-5-9-13-16(11-7-3)15-17(12-8-4)14-10-6-2/h16-17H,5-15H2,1-4H3. The van der Waals surface area contributed by atoms with Crippen LogP contribution in [0.25, 0.3) is 0 Å². The molecule has 0 saturated heterocycles. The van der Waals surface area contributed by atoms with Gasteiger partial charge in [0.25, 0.3) is 0 Å². The van der Waals surface area contributed by atoms with E-state index in [1.165, 1.54) is 70.6 Å². The fourth-order valence-electron chi connectivity index (χ4n) is 3.03. The van der Waals surface area contributed by atoms with Gasteiger partial charge in [-0.3, -0.25) is 0 Å². The zero-order valence-corrected chi connectivity index (χ0v) is 12.9. The second-order valence-electron chi connectivity index (χ2n) is 5.83. The van der Waals surface area contributed by atoms with Crippen molar-refractivity contribution in [3.63, 3.8) is 0 Å². The highest BCUT2D eigenvalue weighted by molar-refractivity contribution is 4.67. The maximum absolute atomic E-state index is 2.35. The molecule has 0 bridgehead atoms. The SMILES string of the molecule is CCCCC(CCC)CC(CCC)CCCC. The second kappa shape index (κ2) is 12.5. The molecule has 2 atom stereocenters. The molecule has 0 N–H and O–H groups in total. The highest BCUT2D eigenvalue weighted by Crippen LogP contribution is 2.28. The molecule has 0 aromatic carbocycles. The third-order valence-electron chi connectivity index (χ3n) is 3.99. The van der Waals surface area contributed by atoms with E-state index in [1.807, 2.05) is 0 Å². The summed E-state index contributed by atoms with van der Waals surface area (Å²) in [5.41, 5.74) is 0. The van der Waals surface area contributed by atoms with Crippen LogP contribution in [-0.2, 0) is 0 Å². The predicted octanol–water partition coefficient (Wildman–Crippen LogP) is 6.59. The Labute approximate surface area is 111 Å². The molecule has 0 nitrogen and oxygen atoms in total. The molecule has 2 unspecified atom stereocenters. The van der Waals surface area contributed by atoms with Crippen LogP contribution in [0.4, 0.5) is 0 Å². The first-order valence-corrected chi connectivity index (χ1v) is 8.28. The summed E-state index contributed by atoms with van der Waals surface area (Å²) in [5.74, 6) is 2.04. The zero-order chi connectivity index (χ0) is 12.9. The van der Waals surface area contributed by atoms with Crippen LogP contribution in [0.2, 0.25) is 0 Å². The van der Waals surface area contributed by atoms with Gasteiger partial charge in [0, 0.05) is 0 Å². The van der Waals surface area contributed by atoms with Crippen LogP contribution in [0.1, 0.15) is 98.3 Å². The van der Waals surface area contributed by atoms with E-state index < -0.39 is 0 Å². The van der Waals surface area contributed by atoms with Crippen LogP contribution in [0.5, 0.6) is 0 Å². The minimum absolute atomic E-state index is 1.02. The predicted molar refractivity (Wildman–Crippen MR) is 80.5 cm³/mol. The van der Waals surface area contributed by atoms with Crippen molar-refractivity contribution in [1.29, 1.82) is 0 Å². The van der Waals surface area contributed by atoms with Crippen LogP contribution < -0.4 is 0 Å². The van der Waals surface area contributed by atoms with Gasteiger partial charge in [-0.1, -0.05) is 91.9 Å². The fourth-order valence-corrected chi connectivity index (χ4v) is 3.03. The quantitative estimate of drug-likeness (QED) is 0.361. The number of hydrogen-bond acceptors (Lipinski definition) is 0. The Kier molecular flexibility index (Phi) is 12.5. The maximum Gasteiger partial charge on any atom is -0.0412 e. The Morgan fingerprint density at radius 3 is 1.24 bits per heavy atom. The normalized spacial score (nSPS) is 14.8. The second-order valence-corrected chi connectivity index (χ2v) is 5.83. The van der Waals surface area contributed by atoms with Gasteiger partial charge in [0.1, 0.15) is 0 Å². The monoisotopic (exact) mass is 240 g/mol. The van der Waals surface area contributed by atoms with E-state index in [0.717, 1.165) is 11.8 Å². The largest absolute Gasteiger partial charge is 0.0654 e. The summed E-state index contributed by atoms with van der Waals surface area (Å²) in [5, 5.41) is 0. The van der Waals surface area contributed by atoms with Gasteiger partial charge in [0.15, 0.2) is 0 Å².